The van der Waals surface area contributed by atoms with Crippen LogP contribution in [0.1, 0.15) is 32.6 Å². The van der Waals surface area contributed by atoms with Crippen molar-refractivity contribution in [3.8, 4) is 11.8 Å². The van der Waals surface area contributed by atoms with E-state index in [0.29, 0.717) is 19.3 Å². The molecule has 0 saturated heterocycles. The summed E-state index contributed by atoms with van der Waals surface area (Å²) in [6, 6.07) is 0. The Kier molecular flexibility index (Phi) is 5.21. The van der Waals surface area contributed by atoms with Crippen molar-refractivity contribution in [2.24, 2.45) is 22.9 Å². The number of carboxylic acids is 1. The normalized spacial score (nSPS) is 33.6. The van der Waals surface area contributed by atoms with Crippen molar-refractivity contribution in [2.75, 3.05) is 6.61 Å². The van der Waals surface area contributed by atoms with Crippen LogP contribution < -0.4 is 0 Å². The van der Waals surface area contributed by atoms with Gasteiger partial charge in [0.2, 0.25) is 6.61 Å². The number of fused-ring (bicyclic) bond motifs is 1. The van der Waals surface area contributed by atoms with Gasteiger partial charge in [0.15, 0.2) is 0 Å². The van der Waals surface area contributed by atoms with E-state index in [4.69, 9.17) is 9.94 Å². The fraction of sp³-hybridized carbons (Fsp3) is 0.733. The first-order valence-electron chi connectivity index (χ1n) is 7.30. The SMILES string of the molecule is CCCC(O)C#CC1CC2/C(=N\OCC(=O)O)CC2C1O. The molecule has 0 aliphatic heterocycles. The van der Waals surface area contributed by atoms with Crippen LogP contribution in [0.2, 0.25) is 0 Å². The summed E-state index contributed by atoms with van der Waals surface area (Å²) >= 11 is 0. The third-order valence-electron chi connectivity index (χ3n) is 4.12. The molecule has 0 amide bonds. The Bertz CT molecular complexity index is 478. The highest BCUT2D eigenvalue weighted by molar-refractivity contribution is 5.93. The van der Waals surface area contributed by atoms with Crippen LogP contribution in [0.15, 0.2) is 5.16 Å². The van der Waals surface area contributed by atoms with Gasteiger partial charge in [-0.25, -0.2) is 4.79 Å². The van der Waals surface area contributed by atoms with E-state index in [0.717, 1.165) is 12.1 Å². The molecule has 0 heterocycles. The molecule has 6 heteroatoms. The lowest BCUT2D eigenvalue weighted by molar-refractivity contribution is -0.142. The Morgan fingerprint density at radius 3 is 3.00 bits per heavy atom. The lowest BCUT2D eigenvalue weighted by Crippen LogP contribution is -2.38. The number of hydrogen-bond acceptors (Lipinski definition) is 5. The van der Waals surface area contributed by atoms with Gasteiger partial charge in [0, 0.05) is 11.8 Å². The van der Waals surface area contributed by atoms with Gasteiger partial charge >= 0.3 is 5.97 Å². The third-order valence-corrected chi connectivity index (χ3v) is 4.12. The van der Waals surface area contributed by atoms with Gasteiger partial charge in [-0.15, -0.1) is 0 Å². The van der Waals surface area contributed by atoms with Crippen molar-refractivity contribution in [2.45, 2.75) is 44.8 Å². The standard InChI is InChI=1S/C15H21NO5/c1-2-3-10(17)5-4-9-6-11-12(15(9)20)7-13(11)16-21-8-14(18)19/h9-12,15,17,20H,2-3,6-8H2,1H3,(H,18,19)/b16-13-. The number of oxime groups is 1. The molecule has 0 radical (unpaired) electrons. The van der Waals surface area contributed by atoms with Gasteiger partial charge in [-0.2, -0.15) is 0 Å². The van der Waals surface area contributed by atoms with Crippen molar-refractivity contribution >= 4 is 11.7 Å². The quantitative estimate of drug-likeness (QED) is 0.510. The van der Waals surface area contributed by atoms with Gasteiger partial charge in [-0.05, 0) is 25.2 Å². The molecule has 2 rings (SSSR count). The fourth-order valence-electron chi connectivity index (χ4n) is 2.97. The van der Waals surface area contributed by atoms with Crippen molar-refractivity contribution in [1.29, 1.82) is 0 Å². The molecule has 2 fully saturated rings. The number of carbonyl (C=O) groups is 1. The Labute approximate surface area is 123 Å². The first-order valence-corrected chi connectivity index (χ1v) is 7.30. The van der Waals surface area contributed by atoms with E-state index < -0.39 is 24.8 Å². The largest absolute Gasteiger partial charge is 0.479 e. The monoisotopic (exact) mass is 295 g/mol. The Hall–Kier alpha value is -1.58. The molecule has 0 aromatic heterocycles. The zero-order valence-electron chi connectivity index (χ0n) is 12.0. The average molecular weight is 295 g/mol. The van der Waals surface area contributed by atoms with Crippen LogP contribution in [-0.4, -0.2) is 45.8 Å². The molecule has 2 aliphatic rings. The predicted molar refractivity (Wildman–Crippen MR) is 75.4 cm³/mol. The van der Waals surface area contributed by atoms with Crippen LogP contribution in [-0.2, 0) is 9.63 Å². The second kappa shape index (κ2) is 6.92. The highest BCUT2D eigenvalue weighted by atomic mass is 16.6. The van der Waals surface area contributed by atoms with E-state index in [1.807, 2.05) is 6.92 Å². The van der Waals surface area contributed by atoms with Crippen molar-refractivity contribution in [3.63, 3.8) is 0 Å². The molecule has 2 aliphatic carbocycles. The second-order valence-corrected chi connectivity index (χ2v) is 5.65. The van der Waals surface area contributed by atoms with E-state index in [2.05, 4.69) is 17.0 Å². The van der Waals surface area contributed by atoms with E-state index in [1.165, 1.54) is 0 Å². The van der Waals surface area contributed by atoms with Crippen LogP contribution in [0, 0.1) is 29.6 Å². The van der Waals surface area contributed by atoms with Gasteiger partial charge < -0.3 is 20.2 Å². The zero-order chi connectivity index (χ0) is 15.4. The number of rotatable bonds is 5. The molecule has 5 unspecified atom stereocenters. The third kappa shape index (κ3) is 3.74. The first kappa shape index (κ1) is 15.8. The minimum atomic E-state index is -1.06. The van der Waals surface area contributed by atoms with E-state index in [9.17, 15) is 15.0 Å². The molecular weight excluding hydrogens is 274 g/mol. The predicted octanol–water partition coefficient (Wildman–Crippen LogP) is 0.625. The number of aliphatic hydroxyl groups excluding tert-OH is 2. The summed E-state index contributed by atoms with van der Waals surface area (Å²) in [5.74, 6) is 4.80. The fourth-order valence-corrected chi connectivity index (χ4v) is 2.97. The summed E-state index contributed by atoms with van der Waals surface area (Å²) in [5, 5.41) is 32.1. The topological polar surface area (TPSA) is 99.4 Å². The van der Waals surface area contributed by atoms with E-state index in [-0.39, 0.29) is 17.8 Å². The Morgan fingerprint density at radius 2 is 2.33 bits per heavy atom. The molecule has 5 atom stereocenters. The van der Waals surface area contributed by atoms with Gasteiger partial charge in [-0.1, -0.05) is 30.3 Å². The Morgan fingerprint density at radius 1 is 1.57 bits per heavy atom. The van der Waals surface area contributed by atoms with Crippen LogP contribution in [0.4, 0.5) is 0 Å². The summed E-state index contributed by atoms with van der Waals surface area (Å²) in [6.07, 6.45) is 1.68. The van der Waals surface area contributed by atoms with Gasteiger partial charge in [0.1, 0.15) is 6.10 Å². The molecule has 116 valence electrons. The molecule has 0 bridgehead atoms. The molecular formula is C15H21NO5. The van der Waals surface area contributed by atoms with Crippen LogP contribution in [0.3, 0.4) is 0 Å². The molecule has 0 spiro atoms. The minimum Gasteiger partial charge on any atom is -0.479 e. The Balaban J connectivity index is 1.88. The van der Waals surface area contributed by atoms with Crippen LogP contribution in [0.5, 0.6) is 0 Å². The number of aliphatic carboxylic acids is 1. The maximum atomic E-state index is 10.3. The second-order valence-electron chi connectivity index (χ2n) is 5.65. The van der Waals surface area contributed by atoms with Crippen LogP contribution >= 0.6 is 0 Å². The number of carboxylic acid groups (broad SMARTS) is 1. The first-order chi connectivity index (χ1) is 10.0. The number of aliphatic hydroxyl groups is 2. The summed E-state index contributed by atoms with van der Waals surface area (Å²) in [7, 11) is 0. The average Bonchev–Trinajstić information content (AvgIpc) is 2.64. The molecule has 0 aromatic rings. The van der Waals surface area contributed by atoms with Crippen molar-refractivity contribution < 1.29 is 25.0 Å². The van der Waals surface area contributed by atoms with E-state index >= 15 is 0 Å². The van der Waals surface area contributed by atoms with Crippen molar-refractivity contribution in [3.05, 3.63) is 0 Å². The lowest BCUT2D eigenvalue weighted by atomic mass is 9.73. The maximum absolute atomic E-state index is 10.3. The maximum Gasteiger partial charge on any atom is 0.344 e. The molecule has 6 nitrogen and oxygen atoms in total. The van der Waals surface area contributed by atoms with Gasteiger partial charge in [0.05, 0.1) is 11.8 Å². The number of nitrogens with zero attached hydrogens (tertiary/aromatic N) is 1. The molecule has 21 heavy (non-hydrogen) atoms. The minimum absolute atomic E-state index is 0.122. The van der Waals surface area contributed by atoms with Gasteiger partial charge in [-0.3, -0.25) is 0 Å². The van der Waals surface area contributed by atoms with Gasteiger partial charge in [0.25, 0.3) is 0 Å². The molecule has 0 aromatic carbocycles. The smallest absolute Gasteiger partial charge is 0.344 e. The summed E-state index contributed by atoms with van der Waals surface area (Å²) in [4.78, 5) is 15.1. The van der Waals surface area contributed by atoms with E-state index in [1.54, 1.807) is 0 Å². The summed E-state index contributed by atoms with van der Waals surface area (Å²) in [6.45, 7) is 1.53. The van der Waals surface area contributed by atoms with Crippen LogP contribution in [0.25, 0.3) is 0 Å². The number of hydrogen-bond donors (Lipinski definition) is 3. The summed E-state index contributed by atoms with van der Waals surface area (Å²) < 4.78 is 0. The van der Waals surface area contributed by atoms with Crippen molar-refractivity contribution in [1.82, 2.24) is 0 Å². The molecule has 2 saturated carbocycles. The summed E-state index contributed by atoms with van der Waals surface area (Å²) in [5.41, 5.74) is 0.804. The highest BCUT2D eigenvalue weighted by Crippen LogP contribution is 2.47. The lowest BCUT2D eigenvalue weighted by Gasteiger charge is -2.33. The molecule has 3 N–H and O–H groups in total. The highest BCUT2D eigenvalue weighted by Gasteiger charge is 2.51. The zero-order valence-corrected chi connectivity index (χ0v) is 12.0.